The van der Waals surface area contributed by atoms with Crippen molar-refractivity contribution in [1.29, 1.82) is 0 Å². The molecule has 5 aromatic rings. The molecule has 0 aliphatic rings. The Morgan fingerprint density at radius 1 is 1.00 bits per heavy atom. The van der Waals surface area contributed by atoms with E-state index in [0.29, 0.717) is 28.9 Å². The maximum Gasteiger partial charge on any atom is 0.249 e. The van der Waals surface area contributed by atoms with E-state index in [1.165, 1.54) is 0 Å². The zero-order valence-corrected chi connectivity index (χ0v) is 20.3. The van der Waals surface area contributed by atoms with Gasteiger partial charge in [-0.05, 0) is 60.0 Å². The molecule has 0 aliphatic carbocycles. The first-order valence-corrected chi connectivity index (χ1v) is 12.0. The standard InChI is InChI=1S/C28H26N6O3/c1-2-20-8-3-5-11-24(20)34(26(35)19-33-25-12-6-4-10-23(25)31-32-33)27(21-13-15-29-16-14-21)28(36)30-18-22-9-7-17-37-22/h3-17,27H,2,18-19H2,1H3,(H,30,36)/t27-/m1/s1. The molecule has 1 atom stereocenters. The summed E-state index contributed by atoms with van der Waals surface area (Å²) in [5.74, 6) is -0.0282. The minimum absolute atomic E-state index is 0.0917. The number of rotatable bonds is 9. The number of aromatic nitrogens is 4. The molecular formula is C28H26N6O3. The fourth-order valence-corrected chi connectivity index (χ4v) is 4.35. The zero-order chi connectivity index (χ0) is 25.6. The first-order chi connectivity index (χ1) is 18.2. The van der Waals surface area contributed by atoms with E-state index in [-0.39, 0.29) is 24.9 Å². The third kappa shape index (κ3) is 5.11. The maximum absolute atomic E-state index is 14.1. The minimum atomic E-state index is -0.951. The van der Waals surface area contributed by atoms with Crippen molar-refractivity contribution in [2.75, 3.05) is 4.90 Å². The molecule has 0 radical (unpaired) electrons. The summed E-state index contributed by atoms with van der Waals surface area (Å²) in [7, 11) is 0. The lowest BCUT2D eigenvalue weighted by molar-refractivity contribution is -0.127. The Labute approximate surface area is 213 Å². The van der Waals surface area contributed by atoms with Crippen LogP contribution in [0.4, 0.5) is 5.69 Å². The SMILES string of the molecule is CCc1ccccc1N(C(=O)Cn1nnc2ccccc21)[C@@H](C(=O)NCc1ccco1)c1ccncc1. The Balaban J connectivity index is 1.57. The minimum Gasteiger partial charge on any atom is -0.467 e. The van der Waals surface area contributed by atoms with E-state index in [9.17, 15) is 9.59 Å². The lowest BCUT2D eigenvalue weighted by Gasteiger charge is -2.32. The molecule has 2 amide bonds. The molecule has 3 aromatic heterocycles. The van der Waals surface area contributed by atoms with E-state index in [4.69, 9.17) is 4.42 Å². The summed E-state index contributed by atoms with van der Waals surface area (Å²) < 4.78 is 6.94. The van der Waals surface area contributed by atoms with Gasteiger partial charge in [0.25, 0.3) is 0 Å². The van der Waals surface area contributed by atoms with Gasteiger partial charge in [0.05, 0.1) is 18.3 Å². The molecule has 0 bridgehead atoms. The van der Waals surface area contributed by atoms with Gasteiger partial charge in [0.2, 0.25) is 11.8 Å². The first kappa shape index (κ1) is 23.9. The van der Waals surface area contributed by atoms with Gasteiger partial charge in [-0.3, -0.25) is 19.5 Å². The van der Waals surface area contributed by atoms with Crippen LogP contribution in [0.2, 0.25) is 0 Å². The highest BCUT2D eigenvalue weighted by Crippen LogP contribution is 2.31. The molecule has 5 rings (SSSR count). The van der Waals surface area contributed by atoms with Gasteiger partial charge < -0.3 is 9.73 Å². The molecule has 1 N–H and O–H groups in total. The summed E-state index contributed by atoms with van der Waals surface area (Å²) in [6.07, 6.45) is 5.46. The summed E-state index contributed by atoms with van der Waals surface area (Å²) in [6, 6.07) is 21.2. The molecule has 0 saturated carbocycles. The number of carbonyl (C=O) groups excluding carboxylic acids is 2. The highest BCUT2D eigenvalue weighted by molar-refractivity contribution is 6.02. The van der Waals surface area contributed by atoms with E-state index in [2.05, 4.69) is 20.6 Å². The number of hydrogen-bond acceptors (Lipinski definition) is 6. The van der Waals surface area contributed by atoms with Crippen LogP contribution in [0.15, 0.2) is 95.9 Å². The van der Waals surface area contributed by atoms with Crippen LogP contribution in [0, 0.1) is 0 Å². The molecule has 0 fully saturated rings. The smallest absolute Gasteiger partial charge is 0.249 e. The molecule has 9 nitrogen and oxygen atoms in total. The van der Waals surface area contributed by atoms with Crippen LogP contribution in [0.5, 0.6) is 0 Å². The van der Waals surface area contributed by atoms with Gasteiger partial charge in [0.15, 0.2) is 0 Å². The Kier molecular flexibility index (Phi) is 7.02. The Hall–Kier alpha value is -4.79. The number of nitrogens with zero attached hydrogens (tertiary/aromatic N) is 5. The van der Waals surface area contributed by atoms with Crippen molar-refractivity contribution in [3.8, 4) is 0 Å². The molecule has 186 valence electrons. The van der Waals surface area contributed by atoms with Crippen LogP contribution < -0.4 is 10.2 Å². The number of amides is 2. The van der Waals surface area contributed by atoms with Gasteiger partial charge >= 0.3 is 0 Å². The van der Waals surface area contributed by atoms with Crippen LogP contribution >= 0.6 is 0 Å². The number of pyridine rings is 1. The van der Waals surface area contributed by atoms with Gasteiger partial charge in [-0.2, -0.15) is 0 Å². The number of fused-ring (bicyclic) bond motifs is 1. The second-order valence-electron chi connectivity index (χ2n) is 8.46. The number of nitrogens with one attached hydrogen (secondary N) is 1. The monoisotopic (exact) mass is 494 g/mol. The summed E-state index contributed by atoms with van der Waals surface area (Å²) in [4.78, 5) is 33.5. The molecule has 0 spiro atoms. The van der Waals surface area contributed by atoms with Crippen molar-refractivity contribution in [2.45, 2.75) is 32.5 Å². The van der Waals surface area contributed by atoms with Crippen molar-refractivity contribution in [3.63, 3.8) is 0 Å². The molecule has 9 heteroatoms. The van der Waals surface area contributed by atoms with E-state index in [1.807, 2.05) is 55.5 Å². The summed E-state index contributed by atoms with van der Waals surface area (Å²) in [6.45, 7) is 2.12. The van der Waals surface area contributed by atoms with Crippen molar-refractivity contribution in [3.05, 3.63) is 108 Å². The largest absolute Gasteiger partial charge is 0.467 e. The third-order valence-corrected chi connectivity index (χ3v) is 6.15. The Morgan fingerprint density at radius 2 is 1.78 bits per heavy atom. The van der Waals surface area contributed by atoms with Crippen LogP contribution in [0.1, 0.15) is 29.9 Å². The number of benzene rings is 2. The van der Waals surface area contributed by atoms with E-state index in [0.717, 1.165) is 11.1 Å². The summed E-state index contributed by atoms with van der Waals surface area (Å²) in [5, 5.41) is 11.3. The lowest BCUT2D eigenvalue weighted by Crippen LogP contribution is -2.45. The fourth-order valence-electron chi connectivity index (χ4n) is 4.35. The van der Waals surface area contributed by atoms with Crippen molar-refractivity contribution in [1.82, 2.24) is 25.3 Å². The highest BCUT2D eigenvalue weighted by atomic mass is 16.3. The molecule has 37 heavy (non-hydrogen) atoms. The zero-order valence-electron chi connectivity index (χ0n) is 20.3. The second-order valence-corrected chi connectivity index (χ2v) is 8.46. The van der Waals surface area contributed by atoms with Crippen LogP contribution in [0.3, 0.4) is 0 Å². The molecule has 2 aromatic carbocycles. The number of carbonyl (C=O) groups is 2. The van der Waals surface area contributed by atoms with Gasteiger partial charge in [0, 0.05) is 18.1 Å². The molecule has 0 unspecified atom stereocenters. The number of aryl methyl sites for hydroxylation is 1. The van der Waals surface area contributed by atoms with E-state index >= 15 is 0 Å². The number of anilines is 1. The fraction of sp³-hybridized carbons (Fsp3) is 0.179. The number of hydrogen-bond donors (Lipinski definition) is 1. The molecule has 0 aliphatic heterocycles. The summed E-state index contributed by atoms with van der Waals surface area (Å²) in [5.41, 5.74) is 3.67. The van der Waals surface area contributed by atoms with Crippen molar-refractivity contribution in [2.24, 2.45) is 0 Å². The molecule has 0 saturated heterocycles. The predicted molar refractivity (Wildman–Crippen MR) is 138 cm³/mol. The van der Waals surface area contributed by atoms with Crippen molar-refractivity contribution >= 4 is 28.5 Å². The van der Waals surface area contributed by atoms with Crippen LogP contribution in [0.25, 0.3) is 11.0 Å². The Bertz CT molecular complexity index is 1500. The van der Waals surface area contributed by atoms with Crippen LogP contribution in [-0.4, -0.2) is 31.8 Å². The topological polar surface area (TPSA) is 106 Å². The van der Waals surface area contributed by atoms with Gasteiger partial charge in [0.1, 0.15) is 23.9 Å². The van der Waals surface area contributed by atoms with Gasteiger partial charge in [-0.1, -0.05) is 42.5 Å². The number of furan rings is 1. The maximum atomic E-state index is 14.1. The van der Waals surface area contributed by atoms with Gasteiger partial charge in [-0.15, -0.1) is 5.10 Å². The van der Waals surface area contributed by atoms with Crippen molar-refractivity contribution < 1.29 is 14.0 Å². The average molecular weight is 495 g/mol. The highest BCUT2D eigenvalue weighted by Gasteiger charge is 2.34. The normalized spacial score (nSPS) is 11.8. The van der Waals surface area contributed by atoms with E-state index < -0.39 is 6.04 Å². The van der Waals surface area contributed by atoms with E-state index in [1.54, 1.807) is 52.5 Å². The lowest BCUT2D eigenvalue weighted by atomic mass is 10.0. The molecule has 3 heterocycles. The van der Waals surface area contributed by atoms with Crippen LogP contribution in [-0.2, 0) is 29.1 Å². The quantitative estimate of drug-likeness (QED) is 0.331. The second kappa shape index (κ2) is 10.9. The average Bonchev–Trinajstić information content (AvgIpc) is 3.61. The summed E-state index contributed by atoms with van der Waals surface area (Å²) >= 11 is 0. The van der Waals surface area contributed by atoms with Gasteiger partial charge in [-0.25, -0.2) is 4.68 Å². The predicted octanol–water partition coefficient (Wildman–Crippen LogP) is 4.07. The Morgan fingerprint density at radius 3 is 2.57 bits per heavy atom. The number of para-hydroxylation sites is 2. The molecular weight excluding hydrogens is 468 g/mol. The third-order valence-electron chi connectivity index (χ3n) is 6.15. The first-order valence-electron chi connectivity index (χ1n) is 12.0.